The minimum absolute atomic E-state index is 0.0169. The number of nitrogens with one attached hydrogen (secondary N) is 2. The molecule has 0 spiro atoms. The van der Waals surface area contributed by atoms with Crippen LogP contribution in [0.25, 0.3) is 11.3 Å². The number of rotatable bonds is 4. The second kappa shape index (κ2) is 8.03. The number of carbonyl (C=O) groups is 2. The summed E-state index contributed by atoms with van der Waals surface area (Å²) in [7, 11) is 0. The number of furan rings is 1. The lowest BCUT2D eigenvalue weighted by Crippen LogP contribution is -2.33. The number of carboxylic acid groups (broad SMARTS) is 1. The number of hydrogen-bond acceptors (Lipinski definition) is 4. The molecule has 1 heterocycles. The van der Waals surface area contributed by atoms with Gasteiger partial charge in [0.25, 0.3) is 5.91 Å². The van der Waals surface area contributed by atoms with E-state index in [-0.39, 0.29) is 16.4 Å². The van der Waals surface area contributed by atoms with E-state index in [4.69, 9.17) is 33.3 Å². The molecule has 3 aromatic rings. The summed E-state index contributed by atoms with van der Waals surface area (Å²) >= 11 is 11.0. The van der Waals surface area contributed by atoms with Gasteiger partial charge >= 0.3 is 5.97 Å². The fraction of sp³-hybridized carbons (Fsp3) is 0. The lowest BCUT2D eigenvalue weighted by atomic mass is 10.2. The van der Waals surface area contributed by atoms with Gasteiger partial charge in [-0.25, -0.2) is 4.79 Å². The summed E-state index contributed by atoms with van der Waals surface area (Å²) in [6, 6.07) is 16.3. The van der Waals surface area contributed by atoms with Gasteiger partial charge in [-0.15, -0.1) is 0 Å². The van der Waals surface area contributed by atoms with E-state index >= 15 is 0 Å². The summed E-state index contributed by atoms with van der Waals surface area (Å²) in [4.78, 5) is 23.3. The van der Waals surface area contributed by atoms with Crippen LogP contribution < -0.4 is 10.6 Å². The highest BCUT2D eigenvalue weighted by molar-refractivity contribution is 7.80. The van der Waals surface area contributed by atoms with Gasteiger partial charge in [-0.05, 0) is 54.7 Å². The topological polar surface area (TPSA) is 91.6 Å². The van der Waals surface area contributed by atoms with E-state index < -0.39 is 11.9 Å². The Bertz CT molecular complexity index is 1030. The van der Waals surface area contributed by atoms with Crippen molar-refractivity contribution in [3.05, 3.63) is 77.0 Å². The second-order valence-electron chi connectivity index (χ2n) is 5.47. The first-order chi connectivity index (χ1) is 12.9. The largest absolute Gasteiger partial charge is 0.478 e. The summed E-state index contributed by atoms with van der Waals surface area (Å²) in [5.41, 5.74) is 1.29. The van der Waals surface area contributed by atoms with Crippen molar-refractivity contribution < 1.29 is 19.1 Å². The zero-order valence-corrected chi connectivity index (χ0v) is 15.3. The van der Waals surface area contributed by atoms with Crippen molar-refractivity contribution in [2.24, 2.45) is 0 Å². The molecule has 0 saturated heterocycles. The van der Waals surface area contributed by atoms with Crippen molar-refractivity contribution in [2.45, 2.75) is 0 Å². The van der Waals surface area contributed by atoms with Gasteiger partial charge in [0.2, 0.25) is 0 Å². The summed E-state index contributed by atoms with van der Waals surface area (Å²) in [5.74, 6) is -1.02. The van der Waals surface area contributed by atoms with Crippen molar-refractivity contribution >= 4 is 46.5 Å². The van der Waals surface area contributed by atoms with Crippen molar-refractivity contribution in [1.82, 2.24) is 5.32 Å². The predicted molar refractivity (Wildman–Crippen MR) is 106 cm³/mol. The van der Waals surface area contributed by atoms with E-state index in [2.05, 4.69) is 10.6 Å². The highest BCUT2D eigenvalue weighted by Gasteiger charge is 2.14. The molecule has 0 aliphatic carbocycles. The molecule has 6 nitrogen and oxygen atoms in total. The zero-order chi connectivity index (χ0) is 19.4. The monoisotopic (exact) mass is 400 g/mol. The van der Waals surface area contributed by atoms with E-state index in [1.165, 1.54) is 18.2 Å². The average molecular weight is 401 g/mol. The molecule has 2 aromatic carbocycles. The number of carbonyl (C=O) groups excluding carboxylic acids is 1. The maximum atomic E-state index is 12.3. The van der Waals surface area contributed by atoms with Crippen molar-refractivity contribution in [3.8, 4) is 11.3 Å². The fourth-order valence-corrected chi connectivity index (χ4v) is 2.71. The number of anilines is 1. The predicted octanol–water partition coefficient (Wildman–Crippen LogP) is 4.43. The maximum Gasteiger partial charge on any atom is 0.335 e. The van der Waals surface area contributed by atoms with Crippen LogP contribution in [0.15, 0.2) is 65.1 Å². The van der Waals surface area contributed by atoms with E-state index in [0.717, 1.165) is 5.56 Å². The first kappa shape index (κ1) is 18.6. The molecule has 27 heavy (non-hydrogen) atoms. The number of thiocarbonyl (C=S) groups is 1. The molecule has 0 saturated carbocycles. The van der Waals surface area contributed by atoms with Gasteiger partial charge < -0.3 is 14.8 Å². The number of benzene rings is 2. The van der Waals surface area contributed by atoms with Crippen LogP contribution in [0.4, 0.5) is 5.69 Å². The summed E-state index contributed by atoms with van der Waals surface area (Å²) in [6.07, 6.45) is 0. The second-order valence-corrected chi connectivity index (χ2v) is 6.31. The van der Waals surface area contributed by atoms with Gasteiger partial charge in [-0.1, -0.05) is 29.8 Å². The molecule has 136 valence electrons. The Morgan fingerprint density at radius 1 is 1.04 bits per heavy atom. The lowest BCUT2D eigenvalue weighted by Gasteiger charge is -2.09. The standard InChI is InChI=1S/C19H13ClN2O4S/c20-13-5-1-3-11(9-13)15-7-8-16(26-15)17(23)22-19(27)21-14-6-2-4-12(10-14)18(24)25/h1-10H,(H,24,25)(H2,21,22,23,27). The van der Waals surface area contributed by atoms with Gasteiger partial charge in [-0.3, -0.25) is 10.1 Å². The highest BCUT2D eigenvalue weighted by atomic mass is 35.5. The molecule has 0 radical (unpaired) electrons. The van der Waals surface area contributed by atoms with E-state index in [1.54, 1.807) is 36.4 Å². The van der Waals surface area contributed by atoms with Crippen LogP contribution in [0, 0.1) is 0 Å². The molecule has 3 N–H and O–H groups in total. The normalized spacial score (nSPS) is 10.3. The van der Waals surface area contributed by atoms with Crippen LogP contribution in [0.3, 0.4) is 0 Å². The molecule has 0 atom stereocenters. The van der Waals surface area contributed by atoms with Crippen molar-refractivity contribution in [3.63, 3.8) is 0 Å². The number of hydrogen-bond donors (Lipinski definition) is 3. The number of aromatic carboxylic acids is 1. The van der Waals surface area contributed by atoms with Crippen LogP contribution >= 0.6 is 23.8 Å². The van der Waals surface area contributed by atoms with Crippen LogP contribution in [0.1, 0.15) is 20.9 Å². The number of carboxylic acids is 1. The third-order valence-electron chi connectivity index (χ3n) is 3.53. The molecule has 3 rings (SSSR count). The fourth-order valence-electron chi connectivity index (χ4n) is 2.31. The first-order valence-corrected chi connectivity index (χ1v) is 8.52. The molecular weight excluding hydrogens is 388 g/mol. The quantitative estimate of drug-likeness (QED) is 0.561. The van der Waals surface area contributed by atoms with E-state index in [9.17, 15) is 9.59 Å². The smallest absolute Gasteiger partial charge is 0.335 e. The minimum atomic E-state index is -1.06. The Morgan fingerprint density at radius 2 is 1.81 bits per heavy atom. The molecular formula is C19H13ClN2O4S. The third kappa shape index (κ3) is 4.72. The van der Waals surface area contributed by atoms with Gasteiger partial charge in [0.05, 0.1) is 5.56 Å². The van der Waals surface area contributed by atoms with E-state index in [0.29, 0.717) is 16.5 Å². The Kier molecular flexibility index (Phi) is 5.54. The Morgan fingerprint density at radius 3 is 2.56 bits per heavy atom. The molecule has 1 aromatic heterocycles. The molecule has 0 aliphatic heterocycles. The van der Waals surface area contributed by atoms with Crippen LogP contribution in [-0.4, -0.2) is 22.1 Å². The SMILES string of the molecule is O=C(O)c1cccc(NC(=S)NC(=O)c2ccc(-c3cccc(Cl)c3)o2)c1. The minimum Gasteiger partial charge on any atom is -0.478 e. The highest BCUT2D eigenvalue weighted by Crippen LogP contribution is 2.24. The number of halogens is 1. The number of amides is 1. The van der Waals surface area contributed by atoms with Gasteiger partial charge in [-0.2, -0.15) is 0 Å². The molecule has 8 heteroatoms. The average Bonchev–Trinajstić information content (AvgIpc) is 3.12. The maximum absolute atomic E-state index is 12.3. The van der Waals surface area contributed by atoms with Crippen LogP contribution in [0.5, 0.6) is 0 Å². The summed E-state index contributed by atoms with van der Waals surface area (Å²) in [5, 5.41) is 14.8. The Balaban J connectivity index is 1.66. The van der Waals surface area contributed by atoms with Crippen LogP contribution in [-0.2, 0) is 0 Å². The van der Waals surface area contributed by atoms with Gasteiger partial charge in [0.1, 0.15) is 5.76 Å². The molecule has 0 bridgehead atoms. The molecule has 0 fully saturated rings. The van der Waals surface area contributed by atoms with Crippen LogP contribution in [0.2, 0.25) is 5.02 Å². The molecule has 0 aliphatic rings. The lowest BCUT2D eigenvalue weighted by molar-refractivity contribution is 0.0696. The van der Waals surface area contributed by atoms with Gasteiger partial charge in [0, 0.05) is 16.3 Å². The Hall–Kier alpha value is -3.16. The summed E-state index contributed by atoms with van der Waals surface area (Å²) < 4.78 is 5.55. The molecule has 1 amide bonds. The summed E-state index contributed by atoms with van der Waals surface area (Å²) in [6.45, 7) is 0. The van der Waals surface area contributed by atoms with Crippen molar-refractivity contribution in [1.29, 1.82) is 0 Å². The van der Waals surface area contributed by atoms with Gasteiger partial charge in [0.15, 0.2) is 10.9 Å². The first-order valence-electron chi connectivity index (χ1n) is 7.74. The molecule has 0 unspecified atom stereocenters. The van der Waals surface area contributed by atoms with Crippen molar-refractivity contribution in [2.75, 3.05) is 5.32 Å². The third-order valence-corrected chi connectivity index (χ3v) is 3.97. The Labute approximate surface area is 164 Å². The van der Waals surface area contributed by atoms with E-state index in [1.807, 2.05) is 6.07 Å². The zero-order valence-electron chi connectivity index (χ0n) is 13.7.